The summed E-state index contributed by atoms with van der Waals surface area (Å²) in [5.74, 6) is -1.22. The number of nitriles is 1. The smallest absolute Gasteiger partial charge is 0.411 e. The van der Waals surface area contributed by atoms with Crippen LogP contribution in [0.1, 0.15) is 43.8 Å². The van der Waals surface area contributed by atoms with Gasteiger partial charge in [0.2, 0.25) is 0 Å². The number of fused-ring (bicyclic) bond motifs is 1. The molecule has 1 amide bonds. The number of rotatable bonds is 3. The Kier molecular flexibility index (Phi) is 6.46. The summed E-state index contributed by atoms with van der Waals surface area (Å²) < 4.78 is 26.3. The number of nitrogen functional groups attached to an aromatic ring is 1. The van der Waals surface area contributed by atoms with Crippen molar-refractivity contribution in [2.24, 2.45) is 0 Å². The molecular weight excluding hydrogens is 485 g/mol. The van der Waals surface area contributed by atoms with E-state index in [-0.39, 0.29) is 40.9 Å². The van der Waals surface area contributed by atoms with E-state index in [0.29, 0.717) is 11.3 Å². The number of esters is 1. The van der Waals surface area contributed by atoms with Gasteiger partial charge in [-0.3, -0.25) is 9.69 Å². The zero-order valence-electron chi connectivity index (χ0n) is 18.1. The predicted molar refractivity (Wildman–Crippen MR) is 116 cm³/mol. The minimum atomic E-state index is -1.05. The summed E-state index contributed by atoms with van der Waals surface area (Å²) in [7, 11) is 1.24. The number of nitrogens with zero attached hydrogens (tertiary/aromatic N) is 4. The third-order valence-corrected chi connectivity index (χ3v) is 5.51. The third-order valence-electron chi connectivity index (χ3n) is 4.90. The van der Waals surface area contributed by atoms with Gasteiger partial charge in [0.05, 0.1) is 46.8 Å². The second-order valence-corrected chi connectivity index (χ2v) is 9.08. The number of hydrogen-bond acceptors (Lipinski definition) is 7. The lowest BCUT2D eigenvalue weighted by molar-refractivity contribution is -0.139. The Bertz CT molecular complexity index is 1120. The maximum absolute atomic E-state index is 14.4. The minimum Gasteiger partial charge on any atom is -0.469 e. The summed E-state index contributed by atoms with van der Waals surface area (Å²) >= 11 is 3.10. The summed E-state index contributed by atoms with van der Waals surface area (Å²) in [6, 6.07) is 4.14. The zero-order valence-corrected chi connectivity index (χ0v) is 19.7. The lowest BCUT2D eigenvalue weighted by Gasteiger charge is -2.33. The molecule has 0 radical (unpaired) electrons. The van der Waals surface area contributed by atoms with E-state index in [1.165, 1.54) is 22.8 Å². The van der Waals surface area contributed by atoms with Crippen molar-refractivity contribution < 1.29 is 23.5 Å². The molecule has 1 unspecified atom stereocenters. The van der Waals surface area contributed by atoms with Gasteiger partial charge in [0.25, 0.3) is 0 Å². The maximum Gasteiger partial charge on any atom is 0.411 e. The molecule has 2 N–H and O–H groups in total. The van der Waals surface area contributed by atoms with Crippen LogP contribution in [0.15, 0.2) is 16.6 Å². The van der Waals surface area contributed by atoms with E-state index in [1.54, 1.807) is 26.8 Å². The third kappa shape index (κ3) is 4.41. The first kappa shape index (κ1) is 23.5. The van der Waals surface area contributed by atoms with Crippen molar-refractivity contribution in [3.8, 4) is 11.8 Å². The lowest BCUT2D eigenvalue weighted by Crippen LogP contribution is -2.43. The summed E-state index contributed by atoms with van der Waals surface area (Å²) in [6.45, 7) is 5.36. The average molecular weight is 508 g/mol. The second kappa shape index (κ2) is 8.78. The molecule has 2 heterocycles. The fourth-order valence-electron chi connectivity index (χ4n) is 3.51. The van der Waals surface area contributed by atoms with E-state index in [2.05, 4.69) is 27.1 Å². The monoisotopic (exact) mass is 507 g/mol. The van der Waals surface area contributed by atoms with Crippen molar-refractivity contribution in [3.05, 3.63) is 39.4 Å². The number of carbonyl (C=O) groups is 2. The van der Waals surface area contributed by atoms with Gasteiger partial charge in [0, 0.05) is 18.5 Å². The molecule has 11 heteroatoms. The van der Waals surface area contributed by atoms with Crippen LogP contribution < -0.4 is 5.73 Å². The molecule has 1 aliphatic rings. The molecular formula is C21H23BrFN5O4. The van der Waals surface area contributed by atoms with E-state index < -0.39 is 29.5 Å². The zero-order chi connectivity index (χ0) is 23.8. The van der Waals surface area contributed by atoms with Crippen molar-refractivity contribution in [1.82, 2.24) is 14.7 Å². The molecule has 9 nitrogen and oxygen atoms in total. The number of ether oxygens (including phenoxy) is 2. The molecule has 0 spiro atoms. The van der Waals surface area contributed by atoms with E-state index in [0.717, 1.165) is 0 Å². The fraction of sp³-hybridized carbons (Fsp3) is 0.429. The van der Waals surface area contributed by atoms with Crippen LogP contribution >= 0.6 is 15.9 Å². The Labute approximate surface area is 193 Å². The van der Waals surface area contributed by atoms with E-state index in [4.69, 9.17) is 15.2 Å². The van der Waals surface area contributed by atoms with Crippen molar-refractivity contribution >= 4 is 33.7 Å². The van der Waals surface area contributed by atoms with Gasteiger partial charge in [-0.2, -0.15) is 10.4 Å². The van der Waals surface area contributed by atoms with Gasteiger partial charge in [-0.1, -0.05) is 0 Å². The number of benzene rings is 1. The molecule has 1 aromatic carbocycles. The van der Waals surface area contributed by atoms with Gasteiger partial charge in [0.1, 0.15) is 5.60 Å². The predicted octanol–water partition coefficient (Wildman–Crippen LogP) is 3.43. The standard InChI is InChI=1S/C21H23BrFN5O4/c1-21(2,3)32-20(30)27-8-7-13-17(15(27)10-24)12(9-16(29)31-4)26-28(13)14-6-5-11(22)18(23)19(14)25/h5-6,15H,7-9,25H2,1-4H3. The highest BCUT2D eigenvalue weighted by Gasteiger charge is 2.39. The molecule has 1 aromatic heterocycles. The number of nitrogens with two attached hydrogens (primary N) is 1. The van der Waals surface area contributed by atoms with Gasteiger partial charge in [-0.15, -0.1) is 0 Å². The summed E-state index contributed by atoms with van der Waals surface area (Å²) in [6.07, 6.45) is -0.593. The summed E-state index contributed by atoms with van der Waals surface area (Å²) in [4.78, 5) is 26.1. The lowest BCUT2D eigenvalue weighted by atomic mass is 9.96. The molecule has 0 fully saturated rings. The van der Waals surface area contributed by atoms with E-state index in [9.17, 15) is 19.2 Å². The van der Waals surface area contributed by atoms with Gasteiger partial charge in [-0.25, -0.2) is 13.9 Å². The van der Waals surface area contributed by atoms with Crippen LogP contribution in [0.25, 0.3) is 5.69 Å². The number of halogens is 2. The SMILES string of the molecule is COC(=O)Cc1nn(-c2ccc(Br)c(F)c2N)c2c1C(C#N)N(C(=O)OC(C)(C)C)CC2. The van der Waals surface area contributed by atoms with Crippen LogP contribution in [0, 0.1) is 17.1 Å². The number of hydrogen-bond donors (Lipinski definition) is 1. The van der Waals surface area contributed by atoms with Crippen LogP contribution in [-0.2, 0) is 27.1 Å². The van der Waals surface area contributed by atoms with Gasteiger partial charge in [-0.05, 0) is 48.8 Å². The number of carbonyl (C=O) groups excluding carboxylic acids is 2. The topological polar surface area (TPSA) is 123 Å². The molecule has 0 saturated carbocycles. The minimum absolute atomic E-state index is 0.141. The van der Waals surface area contributed by atoms with Gasteiger partial charge >= 0.3 is 12.1 Å². The van der Waals surface area contributed by atoms with Crippen molar-refractivity contribution in [2.45, 2.75) is 45.3 Å². The van der Waals surface area contributed by atoms with Crippen LogP contribution in [0.4, 0.5) is 14.9 Å². The molecule has 32 heavy (non-hydrogen) atoms. The second-order valence-electron chi connectivity index (χ2n) is 8.22. The number of methoxy groups -OCH3 is 1. The quantitative estimate of drug-likeness (QED) is 0.498. The van der Waals surface area contributed by atoms with Crippen LogP contribution in [0.3, 0.4) is 0 Å². The van der Waals surface area contributed by atoms with Gasteiger partial charge in [0.15, 0.2) is 11.9 Å². The Morgan fingerprint density at radius 1 is 1.41 bits per heavy atom. The molecule has 0 aliphatic carbocycles. The fourth-order valence-corrected chi connectivity index (χ4v) is 3.86. The summed E-state index contributed by atoms with van der Waals surface area (Å²) in [5, 5.41) is 14.4. The Hall–Kier alpha value is -3.13. The first-order valence-electron chi connectivity index (χ1n) is 9.79. The van der Waals surface area contributed by atoms with Crippen molar-refractivity contribution in [1.29, 1.82) is 5.26 Å². The normalized spacial score (nSPS) is 15.7. The molecule has 170 valence electrons. The Balaban J connectivity index is 2.16. The highest BCUT2D eigenvalue weighted by atomic mass is 79.9. The molecule has 1 atom stereocenters. The highest BCUT2D eigenvalue weighted by molar-refractivity contribution is 9.10. The molecule has 1 aliphatic heterocycles. The molecule has 3 rings (SSSR count). The van der Waals surface area contributed by atoms with E-state index >= 15 is 0 Å². The summed E-state index contributed by atoms with van der Waals surface area (Å²) in [5.41, 5.74) is 6.55. The van der Waals surface area contributed by atoms with Crippen LogP contribution in [0.2, 0.25) is 0 Å². The first-order valence-corrected chi connectivity index (χ1v) is 10.6. The van der Waals surface area contributed by atoms with E-state index in [1.807, 2.05) is 0 Å². The first-order chi connectivity index (χ1) is 15.0. The van der Waals surface area contributed by atoms with Crippen molar-refractivity contribution in [3.63, 3.8) is 0 Å². The Morgan fingerprint density at radius 2 is 2.09 bits per heavy atom. The largest absolute Gasteiger partial charge is 0.469 e. The van der Waals surface area contributed by atoms with Crippen LogP contribution in [0.5, 0.6) is 0 Å². The van der Waals surface area contributed by atoms with Crippen LogP contribution in [-0.4, -0.2) is 46.0 Å². The molecule has 0 saturated heterocycles. The molecule has 0 bridgehead atoms. The molecule has 2 aromatic rings. The number of anilines is 1. The van der Waals surface area contributed by atoms with Crippen molar-refractivity contribution in [2.75, 3.05) is 19.4 Å². The number of aromatic nitrogens is 2. The average Bonchev–Trinajstić information content (AvgIpc) is 3.08. The number of amides is 1. The Morgan fingerprint density at radius 3 is 2.69 bits per heavy atom. The highest BCUT2D eigenvalue weighted by Crippen LogP contribution is 2.37. The van der Waals surface area contributed by atoms with Gasteiger partial charge < -0.3 is 15.2 Å². The maximum atomic E-state index is 14.4.